The lowest BCUT2D eigenvalue weighted by molar-refractivity contribution is 0.813. The molecular weight excluding hydrogens is 295 g/mol. The van der Waals surface area contributed by atoms with Crippen LogP contribution in [-0.2, 0) is 0 Å². The van der Waals surface area contributed by atoms with E-state index in [2.05, 4.69) is 90.7 Å². The van der Waals surface area contributed by atoms with Crippen LogP contribution in [0.15, 0.2) is 42.5 Å². The maximum Gasteiger partial charge on any atom is -0.0129 e. The molecule has 0 saturated carbocycles. The molecule has 23 heavy (non-hydrogen) atoms. The quantitative estimate of drug-likeness (QED) is 0.581. The van der Waals surface area contributed by atoms with E-state index in [0.29, 0.717) is 17.8 Å². The van der Waals surface area contributed by atoms with Crippen LogP contribution in [0.2, 0.25) is 0 Å². The van der Waals surface area contributed by atoms with E-state index in [4.69, 9.17) is 0 Å². The minimum atomic E-state index is -0.309. The van der Waals surface area contributed by atoms with Crippen LogP contribution in [0.5, 0.6) is 0 Å². The van der Waals surface area contributed by atoms with Crippen LogP contribution in [0.25, 0.3) is 0 Å². The highest BCUT2D eigenvalue weighted by Crippen LogP contribution is 2.38. The van der Waals surface area contributed by atoms with E-state index in [1.54, 1.807) is 16.4 Å². The maximum absolute atomic E-state index is 2.47. The lowest BCUT2D eigenvalue weighted by atomic mass is 9.89. The Morgan fingerprint density at radius 2 is 1.17 bits per heavy atom. The average molecular weight is 326 g/mol. The number of hydrogen-bond acceptors (Lipinski definition) is 0. The first kappa shape index (κ1) is 18.2. The first-order chi connectivity index (χ1) is 10.8. The van der Waals surface area contributed by atoms with Crippen molar-refractivity contribution in [1.29, 1.82) is 0 Å². The summed E-state index contributed by atoms with van der Waals surface area (Å²) in [6.45, 7) is 16.4. The molecule has 2 rings (SSSR count). The largest absolute Gasteiger partial charge is 0.0622 e. The zero-order valence-electron chi connectivity index (χ0n) is 15.7. The summed E-state index contributed by atoms with van der Waals surface area (Å²) in [6.07, 6.45) is 0. The fourth-order valence-electron chi connectivity index (χ4n) is 3.09. The van der Waals surface area contributed by atoms with Gasteiger partial charge in [0.1, 0.15) is 0 Å². The summed E-state index contributed by atoms with van der Waals surface area (Å²) in [5.41, 5.74) is 4.59. The Kier molecular flexibility index (Phi) is 6.04. The van der Waals surface area contributed by atoms with E-state index in [9.17, 15) is 0 Å². The summed E-state index contributed by atoms with van der Waals surface area (Å²) in [5.74, 6) is 1.71. The van der Waals surface area contributed by atoms with Crippen molar-refractivity contribution in [3.63, 3.8) is 0 Å². The summed E-state index contributed by atoms with van der Waals surface area (Å²) in [5, 5.41) is 3.09. The molecule has 0 saturated heterocycles. The first-order valence-electron chi connectivity index (χ1n) is 8.79. The van der Waals surface area contributed by atoms with Crippen molar-refractivity contribution in [2.45, 2.75) is 59.3 Å². The molecule has 0 aliphatic rings. The van der Waals surface area contributed by atoms with Gasteiger partial charge in [-0.15, -0.1) is 0 Å². The van der Waals surface area contributed by atoms with Crippen LogP contribution in [0.4, 0.5) is 0 Å². The SMILES string of the molecule is CC(C)c1cc(C(C)C)c([P@@](C)c2ccccc2)c(C(C)C)c1. The van der Waals surface area contributed by atoms with Gasteiger partial charge in [0.15, 0.2) is 0 Å². The van der Waals surface area contributed by atoms with Crippen molar-refractivity contribution in [1.82, 2.24) is 0 Å². The molecule has 0 aromatic heterocycles. The Morgan fingerprint density at radius 3 is 1.57 bits per heavy atom. The molecule has 2 aromatic carbocycles. The average Bonchev–Trinajstić information content (AvgIpc) is 2.53. The minimum Gasteiger partial charge on any atom is -0.0622 e. The van der Waals surface area contributed by atoms with E-state index in [-0.39, 0.29) is 7.92 Å². The fraction of sp³-hybridized carbons (Fsp3) is 0.455. The van der Waals surface area contributed by atoms with Gasteiger partial charge in [-0.25, -0.2) is 0 Å². The molecule has 0 bridgehead atoms. The molecule has 124 valence electrons. The highest BCUT2D eigenvalue weighted by Gasteiger charge is 2.21. The normalized spacial score (nSPS) is 13.1. The van der Waals surface area contributed by atoms with E-state index < -0.39 is 0 Å². The topological polar surface area (TPSA) is 0 Å². The van der Waals surface area contributed by atoms with E-state index in [1.165, 1.54) is 10.9 Å². The van der Waals surface area contributed by atoms with Gasteiger partial charge in [-0.1, -0.05) is 84.0 Å². The number of rotatable bonds is 5. The predicted octanol–water partition coefficient (Wildman–Crippen LogP) is 6.12. The van der Waals surface area contributed by atoms with E-state index in [1.807, 2.05) is 0 Å². The van der Waals surface area contributed by atoms with Gasteiger partial charge in [0, 0.05) is 0 Å². The lowest BCUT2D eigenvalue weighted by Gasteiger charge is -2.27. The molecule has 1 atom stereocenters. The summed E-state index contributed by atoms with van der Waals surface area (Å²) < 4.78 is 0. The fourth-order valence-corrected chi connectivity index (χ4v) is 5.38. The van der Waals surface area contributed by atoms with Gasteiger partial charge < -0.3 is 0 Å². The zero-order chi connectivity index (χ0) is 17.1. The molecule has 1 heteroatoms. The summed E-state index contributed by atoms with van der Waals surface area (Å²) in [7, 11) is -0.309. The highest BCUT2D eigenvalue weighted by atomic mass is 31.1. The monoisotopic (exact) mass is 326 g/mol. The van der Waals surface area contributed by atoms with Crippen LogP contribution in [0.3, 0.4) is 0 Å². The van der Waals surface area contributed by atoms with E-state index >= 15 is 0 Å². The third-order valence-electron chi connectivity index (χ3n) is 4.58. The summed E-state index contributed by atoms with van der Waals surface area (Å²) in [4.78, 5) is 0. The molecule has 0 fully saturated rings. The first-order valence-corrected chi connectivity index (χ1v) is 10.6. The molecule has 0 nitrogen and oxygen atoms in total. The van der Waals surface area contributed by atoms with Crippen LogP contribution in [-0.4, -0.2) is 6.66 Å². The highest BCUT2D eigenvalue weighted by molar-refractivity contribution is 7.72. The molecule has 0 N–H and O–H groups in total. The molecule has 2 aromatic rings. The maximum atomic E-state index is 2.47. The third-order valence-corrected chi connectivity index (χ3v) is 6.84. The Morgan fingerprint density at radius 1 is 0.696 bits per heavy atom. The second kappa shape index (κ2) is 7.63. The number of benzene rings is 2. The Balaban J connectivity index is 2.69. The van der Waals surface area contributed by atoms with Crippen LogP contribution in [0.1, 0.15) is 76.0 Å². The Hall–Kier alpha value is -1.13. The molecule has 0 spiro atoms. The Labute approximate surface area is 144 Å². The van der Waals surface area contributed by atoms with Crippen molar-refractivity contribution < 1.29 is 0 Å². The van der Waals surface area contributed by atoms with Crippen molar-refractivity contribution >= 4 is 18.5 Å². The van der Waals surface area contributed by atoms with Crippen molar-refractivity contribution in [2.24, 2.45) is 0 Å². The van der Waals surface area contributed by atoms with Gasteiger partial charge in [0.2, 0.25) is 0 Å². The molecule has 0 unspecified atom stereocenters. The Bertz CT molecular complexity index is 609. The molecule has 0 aliphatic heterocycles. The molecule has 0 amide bonds. The second-order valence-corrected chi connectivity index (χ2v) is 9.49. The van der Waals surface area contributed by atoms with Crippen LogP contribution in [0, 0.1) is 0 Å². The molecule has 0 heterocycles. The third kappa shape index (κ3) is 4.04. The van der Waals surface area contributed by atoms with Gasteiger partial charge in [0.25, 0.3) is 0 Å². The second-order valence-electron chi connectivity index (χ2n) is 7.41. The van der Waals surface area contributed by atoms with Crippen LogP contribution >= 0.6 is 7.92 Å². The summed E-state index contributed by atoms with van der Waals surface area (Å²) >= 11 is 0. The number of hydrogen-bond donors (Lipinski definition) is 0. The molecular formula is C22H31P. The van der Waals surface area contributed by atoms with Gasteiger partial charge in [0.05, 0.1) is 0 Å². The summed E-state index contributed by atoms with van der Waals surface area (Å²) in [6, 6.07) is 16.0. The molecule has 0 radical (unpaired) electrons. The molecule has 0 aliphatic carbocycles. The van der Waals surface area contributed by atoms with Gasteiger partial charge in [-0.3, -0.25) is 0 Å². The van der Waals surface area contributed by atoms with E-state index in [0.717, 1.165) is 0 Å². The standard InChI is InChI=1S/C22H31P/c1-15(2)18-13-20(16(3)4)22(21(14-18)17(5)6)23(7)19-11-9-8-10-12-19/h8-17H,1-7H3/t23-/m0/s1. The van der Waals surface area contributed by atoms with Gasteiger partial charge >= 0.3 is 0 Å². The van der Waals surface area contributed by atoms with Crippen molar-refractivity contribution in [3.8, 4) is 0 Å². The predicted molar refractivity (Wildman–Crippen MR) is 107 cm³/mol. The van der Waals surface area contributed by atoms with Crippen LogP contribution < -0.4 is 10.6 Å². The van der Waals surface area contributed by atoms with Crippen molar-refractivity contribution in [2.75, 3.05) is 6.66 Å². The van der Waals surface area contributed by atoms with Gasteiger partial charge in [-0.2, -0.15) is 0 Å². The minimum absolute atomic E-state index is 0.309. The zero-order valence-corrected chi connectivity index (χ0v) is 16.6. The smallest absolute Gasteiger partial charge is 0.0129 e. The van der Waals surface area contributed by atoms with Gasteiger partial charge in [-0.05, 0) is 59.6 Å². The lowest BCUT2D eigenvalue weighted by Crippen LogP contribution is -2.22. The van der Waals surface area contributed by atoms with Crippen molar-refractivity contribution in [3.05, 3.63) is 59.2 Å².